The molecule has 0 aromatic heterocycles. The summed E-state index contributed by atoms with van der Waals surface area (Å²) in [5, 5.41) is 0. The normalized spacial score (nSPS) is 9.53. The molecule has 15 heavy (non-hydrogen) atoms. The summed E-state index contributed by atoms with van der Waals surface area (Å²) >= 11 is 0. The molecule has 1 aromatic rings. The van der Waals surface area contributed by atoms with Crippen LogP contribution in [0.5, 0.6) is 0 Å². The Morgan fingerprint density at radius 2 is 1.87 bits per heavy atom. The van der Waals surface area contributed by atoms with Crippen LogP contribution in [-0.2, 0) is 0 Å². The van der Waals surface area contributed by atoms with Crippen molar-refractivity contribution in [2.75, 3.05) is 0 Å². The van der Waals surface area contributed by atoms with Gasteiger partial charge < -0.3 is 0 Å². The molecule has 1 aromatic carbocycles. The summed E-state index contributed by atoms with van der Waals surface area (Å²) in [5.41, 5.74) is 3.56. The molecule has 1 rings (SSSR count). The van der Waals surface area contributed by atoms with E-state index in [0.29, 0.717) is 12.0 Å². The lowest BCUT2D eigenvalue weighted by atomic mass is 10.0. The molecule has 0 aliphatic carbocycles. The van der Waals surface area contributed by atoms with Crippen LogP contribution in [0.1, 0.15) is 31.7 Å². The number of benzene rings is 1. The van der Waals surface area contributed by atoms with E-state index in [-0.39, 0.29) is 0 Å². The lowest BCUT2D eigenvalue weighted by Gasteiger charge is -2.03. The third-order valence-corrected chi connectivity index (χ3v) is 2.15. The van der Waals surface area contributed by atoms with Crippen LogP contribution < -0.4 is 0 Å². The Morgan fingerprint density at radius 1 is 1.20 bits per heavy atom. The highest BCUT2D eigenvalue weighted by Crippen LogP contribution is 2.20. The lowest BCUT2D eigenvalue weighted by molar-refractivity contribution is 0.424. The van der Waals surface area contributed by atoms with Crippen LogP contribution >= 0.6 is 0 Å². The topological polar surface area (TPSA) is 0 Å². The minimum absolute atomic E-state index is 0.595. The predicted molar refractivity (Wildman–Crippen MR) is 58.6 cm³/mol. The molecule has 0 N–H and O–H groups in total. The van der Waals surface area contributed by atoms with Crippen LogP contribution in [0.15, 0.2) is 42.1 Å². The lowest BCUT2D eigenvalue weighted by Crippen LogP contribution is -1.83. The smallest absolute Gasteiger partial charge is 0.164 e. The first-order valence-electron chi connectivity index (χ1n) is 5.10. The maximum absolute atomic E-state index is 12.2. The standard InChI is InChI=1S/C13H14F2/c1-2-3-7-12(10-13(14)15)11-8-5-4-6-9-11/h4-6,8-9H,2-3,7H2,1H3. The van der Waals surface area contributed by atoms with Crippen molar-refractivity contribution in [2.24, 2.45) is 0 Å². The van der Waals surface area contributed by atoms with Crippen molar-refractivity contribution in [3.8, 4) is 0 Å². The molecule has 0 spiro atoms. The SMILES string of the molecule is CCCCC(=C=C(F)F)c1ccccc1. The van der Waals surface area contributed by atoms with Crippen LogP contribution in [0, 0.1) is 0 Å². The molecule has 0 unspecified atom stereocenters. The highest BCUT2D eigenvalue weighted by molar-refractivity contribution is 5.64. The average Bonchev–Trinajstić information content (AvgIpc) is 2.25. The summed E-state index contributed by atoms with van der Waals surface area (Å²) in [6, 6.07) is 9.23. The van der Waals surface area contributed by atoms with Gasteiger partial charge in [-0.3, -0.25) is 0 Å². The summed E-state index contributed by atoms with van der Waals surface area (Å²) in [6.45, 7) is 2.04. The van der Waals surface area contributed by atoms with Gasteiger partial charge in [0.25, 0.3) is 0 Å². The van der Waals surface area contributed by atoms with Gasteiger partial charge in [0.15, 0.2) is 0 Å². The Balaban J connectivity index is 2.98. The molecular weight excluding hydrogens is 194 g/mol. The highest BCUT2D eigenvalue weighted by atomic mass is 19.3. The van der Waals surface area contributed by atoms with Gasteiger partial charge in [0.1, 0.15) is 0 Å². The molecule has 0 saturated heterocycles. The molecule has 2 heteroatoms. The highest BCUT2D eigenvalue weighted by Gasteiger charge is 2.00. The second kappa shape index (κ2) is 6.15. The fourth-order valence-corrected chi connectivity index (χ4v) is 1.39. The molecule has 0 amide bonds. The molecule has 0 aliphatic rings. The van der Waals surface area contributed by atoms with Crippen LogP contribution in [0.2, 0.25) is 0 Å². The quantitative estimate of drug-likeness (QED) is 0.632. The summed E-state index contributed by atoms with van der Waals surface area (Å²) in [5.74, 6) is 0. The number of halogens is 2. The van der Waals surface area contributed by atoms with E-state index in [9.17, 15) is 8.78 Å². The van der Waals surface area contributed by atoms with E-state index < -0.39 is 6.08 Å². The minimum Gasteiger partial charge on any atom is -0.164 e. The fraction of sp³-hybridized carbons (Fsp3) is 0.308. The number of hydrogen-bond donors (Lipinski definition) is 0. The summed E-state index contributed by atoms with van der Waals surface area (Å²) in [7, 11) is 0. The first-order valence-corrected chi connectivity index (χ1v) is 5.10. The van der Waals surface area contributed by atoms with Crippen molar-refractivity contribution in [1.29, 1.82) is 0 Å². The van der Waals surface area contributed by atoms with Gasteiger partial charge in [-0.2, -0.15) is 8.78 Å². The molecule has 0 atom stereocenters. The maximum atomic E-state index is 12.2. The van der Waals surface area contributed by atoms with Crippen molar-refractivity contribution in [1.82, 2.24) is 0 Å². The predicted octanol–water partition coefficient (Wildman–Crippen LogP) is 4.64. The third kappa shape index (κ3) is 4.09. The first-order chi connectivity index (χ1) is 7.24. The Morgan fingerprint density at radius 3 is 2.40 bits per heavy atom. The van der Waals surface area contributed by atoms with Gasteiger partial charge in [0.2, 0.25) is 0 Å². The Labute approximate surface area is 88.9 Å². The largest absolute Gasteiger partial charge is 0.313 e. The van der Waals surface area contributed by atoms with Gasteiger partial charge in [0.05, 0.1) is 0 Å². The minimum atomic E-state index is -1.75. The Bertz CT molecular complexity index is 355. The van der Waals surface area contributed by atoms with Gasteiger partial charge in [-0.15, -0.1) is 0 Å². The van der Waals surface area contributed by atoms with Crippen LogP contribution in [0.4, 0.5) is 8.78 Å². The van der Waals surface area contributed by atoms with Gasteiger partial charge >= 0.3 is 6.08 Å². The molecule has 0 radical (unpaired) electrons. The molecule has 0 saturated carbocycles. The number of hydrogen-bond acceptors (Lipinski definition) is 0. The van der Waals surface area contributed by atoms with Gasteiger partial charge in [-0.25, -0.2) is 0 Å². The van der Waals surface area contributed by atoms with Crippen molar-refractivity contribution < 1.29 is 8.78 Å². The average molecular weight is 208 g/mol. The Hall–Kier alpha value is -1.40. The molecule has 0 nitrogen and oxygen atoms in total. The van der Waals surface area contributed by atoms with Crippen molar-refractivity contribution in [3.63, 3.8) is 0 Å². The molecule has 0 aliphatic heterocycles. The van der Waals surface area contributed by atoms with E-state index in [2.05, 4.69) is 5.73 Å². The first kappa shape index (κ1) is 11.7. The van der Waals surface area contributed by atoms with E-state index in [0.717, 1.165) is 18.4 Å². The third-order valence-electron chi connectivity index (χ3n) is 2.15. The Kier molecular flexibility index (Phi) is 4.79. The molecule has 0 bridgehead atoms. The molecule has 0 heterocycles. The van der Waals surface area contributed by atoms with Gasteiger partial charge in [0, 0.05) is 5.57 Å². The summed E-state index contributed by atoms with van der Waals surface area (Å²) in [4.78, 5) is 0. The fourth-order valence-electron chi connectivity index (χ4n) is 1.39. The molecule has 80 valence electrons. The van der Waals surface area contributed by atoms with Gasteiger partial charge in [-0.1, -0.05) is 43.7 Å². The van der Waals surface area contributed by atoms with Crippen LogP contribution in [-0.4, -0.2) is 0 Å². The van der Waals surface area contributed by atoms with Gasteiger partial charge in [-0.05, 0) is 24.1 Å². The van der Waals surface area contributed by atoms with Crippen molar-refractivity contribution >= 4 is 5.57 Å². The second-order valence-corrected chi connectivity index (χ2v) is 3.33. The maximum Gasteiger partial charge on any atom is 0.313 e. The second-order valence-electron chi connectivity index (χ2n) is 3.33. The van der Waals surface area contributed by atoms with E-state index in [1.807, 2.05) is 37.3 Å². The van der Waals surface area contributed by atoms with E-state index in [1.165, 1.54) is 0 Å². The number of unbranched alkanes of at least 4 members (excludes halogenated alkanes) is 1. The zero-order valence-corrected chi connectivity index (χ0v) is 8.76. The van der Waals surface area contributed by atoms with Crippen molar-refractivity contribution in [2.45, 2.75) is 26.2 Å². The monoisotopic (exact) mass is 208 g/mol. The summed E-state index contributed by atoms with van der Waals surface area (Å²) < 4.78 is 24.4. The van der Waals surface area contributed by atoms with Crippen molar-refractivity contribution in [3.05, 3.63) is 47.7 Å². The molecular formula is C13H14F2. The van der Waals surface area contributed by atoms with E-state index in [1.54, 1.807) is 0 Å². The zero-order chi connectivity index (χ0) is 11.1. The van der Waals surface area contributed by atoms with E-state index >= 15 is 0 Å². The molecule has 0 fully saturated rings. The van der Waals surface area contributed by atoms with Crippen LogP contribution in [0.25, 0.3) is 5.57 Å². The number of rotatable bonds is 4. The number of allylic oxidation sites excluding steroid dienone is 1. The van der Waals surface area contributed by atoms with E-state index in [4.69, 9.17) is 0 Å². The van der Waals surface area contributed by atoms with Crippen LogP contribution in [0.3, 0.4) is 0 Å². The zero-order valence-electron chi connectivity index (χ0n) is 8.76. The summed E-state index contributed by atoms with van der Waals surface area (Å²) in [6.07, 6.45) is 0.804.